The lowest BCUT2D eigenvalue weighted by molar-refractivity contribution is -0.125. The van der Waals surface area contributed by atoms with Crippen molar-refractivity contribution in [1.29, 1.82) is 0 Å². The summed E-state index contributed by atoms with van der Waals surface area (Å²) in [5.41, 5.74) is 0. The number of hydrogen-bond donors (Lipinski definition) is 1. The molecule has 0 aromatic rings. The maximum atomic E-state index is 11.7. The van der Waals surface area contributed by atoms with Crippen molar-refractivity contribution in [3.63, 3.8) is 0 Å². The van der Waals surface area contributed by atoms with Crippen molar-refractivity contribution in [3.05, 3.63) is 0 Å². The summed E-state index contributed by atoms with van der Waals surface area (Å²) in [5.74, 6) is 0.273. The number of carbonyl (C=O) groups is 1. The summed E-state index contributed by atoms with van der Waals surface area (Å²) in [6.07, 6.45) is 5.67. The van der Waals surface area contributed by atoms with E-state index < -0.39 is 0 Å². The van der Waals surface area contributed by atoms with Crippen LogP contribution in [0.25, 0.3) is 0 Å². The Morgan fingerprint density at radius 3 is 2.93 bits per heavy atom. The van der Waals surface area contributed by atoms with E-state index in [9.17, 15) is 4.79 Å². The van der Waals surface area contributed by atoms with Gasteiger partial charge in [0.25, 0.3) is 0 Å². The molecule has 3 nitrogen and oxygen atoms in total. The number of unbranched alkanes of at least 4 members (excludes halogenated alkanes) is 2. The summed E-state index contributed by atoms with van der Waals surface area (Å²) in [6, 6.07) is 0.310. The van der Waals surface area contributed by atoms with Crippen molar-refractivity contribution in [2.45, 2.75) is 52.0 Å². The van der Waals surface area contributed by atoms with Crippen LogP contribution in [0.1, 0.15) is 46.0 Å². The van der Waals surface area contributed by atoms with E-state index in [0.29, 0.717) is 12.6 Å². The molecule has 1 aliphatic heterocycles. The molecule has 3 heteroatoms. The first-order valence-electron chi connectivity index (χ1n) is 6.12. The third-order valence-electron chi connectivity index (χ3n) is 2.93. The minimum atomic E-state index is 0.0959. The number of amides is 1. The number of carbonyl (C=O) groups excluding carboxylic acids is 1. The molecule has 1 fully saturated rings. The summed E-state index contributed by atoms with van der Waals surface area (Å²) >= 11 is 0. The Bertz CT molecular complexity index is 188. The van der Waals surface area contributed by atoms with Crippen LogP contribution in [-0.4, -0.2) is 25.2 Å². The first kappa shape index (κ1) is 12.5. The van der Waals surface area contributed by atoms with Crippen LogP contribution in [0.5, 0.6) is 0 Å². The zero-order valence-electron chi connectivity index (χ0n) is 9.92. The van der Waals surface area contributed by atoms with Crippen molar-refractivity contribution >= 4 is 5.91 Å². The van der Waals surface area contributed by atoms with Gasteiger partial charge in [0.15, 0.2) is 0 Å². The molecule has 0 aromatic heterocycles. The van der Waals surface area contributed by atoms with Gasteiger partial charge in [-0.25, -0.2) is 0 Å². The van der Waals surface area contributed by atoms with Gasteiger partial charge in [-0.2, -0.15) is 0 Å². The highest BCUT2D eigenvalue weighted by atomic mass is 16.5. The average molecular weight is 213 g/mol. The first-order valence-corrected chi connectivity index (χ1v) is 6.12. The van der Waals surface area contributed by atoms with Crippen molar-refractivity contribution in [2.75, 3.05) is 13.2 Å². The molecule has 0 radical (unpaired) electrons. The summed E-state index contributed by atoms with van der Waals surface area (Å²) < 4.78 is 5.20. The minimum absolute atomic E-state index is 0.0959. The van der Waals surface area contributed by atoms with Gasteiger partial charge in [-0.15, -0.1) is 0 Å². The molecular formula is C12H23NO2. The zero-order valence-corrected chi connectivity index (χ0v) is 9.92. The van der Waals surface area contributed by atoms with Gasteiger partial charge >= 0.3 is 0 Å². The van der Waals surface area contributed by atoms with Crippen LogP contribution in [0.2, 0.25) is 0 Å². The van der Waals surface area contributed by atoms with Gasteiger partial charge in [0.1, 0.15) is 0 Å². The van der Waals surface area contributed by atoms with Gasteiger partial charge in [-0.1, -0.05) is 26.2 Å². The van der Waals surface area contributed by atoms with E-state index in [-0.39, 0.29) is 11.8 Å². The lowest BCUT2D eigenvalue weighted by Crippen LogP contribution is -2.37. The Kier molecular flexibility index (Phi) is 5.69. The molecule has 1 aliphatic rings. The van der Waals surface area contributed by atoms with Gasteiger partial charge in [-0.3, -0.25) is 4.79 Å². The van der Waals surface area contributed by atoms with E-state index in [1.54, 1.807) is 0 Å². The average Bonchev–Trinajstić information content (AvgIpc) is 2.70. The molecule has 0 unspecified atom stereocenters. The molecule has 0 spiro atoms. The second kappa shape index (κ2) is 6.83. The molecule has 15 heavy (non-hydrogen) atoms. The highest BCUT2D eigenvalue weighted by Gasteiger charge is 2.24. The molecular weight excluding hydrogens is 190 g/mol. The molecule has 1 N–H and O–H groups in total. The van der Waals surface area contributed by atoms with Crippen LogP contribution >= 0.6 is 0 Å². The van der Waals surface area contributed by atoms with E-state index >= 15 is 0 Å². The molecule has 0 saturated carbocycles. The highest BCUT2D eigenvalue weighted by molar-refractivity contribution is 5.79. The molecule has 2 atom stereocenters. The number of hydrogen-bond acceptors (Lipinski definition) is 2. The Morgan fingerprint density at radius 1 is 1.53 bits per heavy atom. The number of ether oxygens (including phenoxy) is 1. The fourth-order valence-corrected chi connectivity index (χ4v) is 1.87. The lowest BCUT2D eigenvalue weighted by Gasteiger charge is -2.16. The van der Waals surface area contributed by atoms with Crippen molar-refractivity contribution in [2.24, 2.45) is 5.92 Å². The monoisotopic (exact) mass is 213 g/mol. The number of rotatable bonds is 6. The van der Waals surface area contributed by atoms with Crippen LogP contribution in [0, 0.1) is 5.92 Å². The lowest BCUT2D eigenvalue weighted by atomic mass is 10.1. The molecule has 1 saturated heterocycles. The first-order chi connectivity index (χ1) is 7.24. The van der Waals surface area contributed by atoms with Crippen LogP contribution in [0.4, 0.5) is 0 Å². The number of nitrogens with one attached hydrogen (secondary N) is 1. The van der Waals surface area contributed by atoms with E-state index in [2.05, 4.69) is 19.2 Å². The fraction of sp³-hybridized carbons (Fsp3) is 0.917. The van der Waals surface area contributed by atoms with Crippen LogP contribution < -0.4 is 5.32 Å². The third-order valence-corrected chi connectivity index (χ3v) is 2.93. The van der Waals surface area contributed by atoms with Gasteiger partial charge < -0.3 is 10.1 Å². The summed E-state index contributed by atoms with van der Waals surface area (Å²) in [5, 5.41) is 3.06. The topological polar surface area (TPSA) is 38.3 Å². The summed E-state index contributed by atoms with van der Waals surface area (Å²) in [4.78, 5) is 11.7. The molecule has 1 heterocycles. The maximum Gasteiger partial charge on any atom is 0.225 e. The van der Waals surface area contributed by atoms with Crippen molar-refractivity contribution in [1.82, 2.24) is 5.32 Å². The normalized spacial score (nSPS) is 22.7. The standard InChI is InChI=1S/C12H23NO2/c1-3-4-5-6-10(2)13-12(14)11-7-8-15-9-11/h10-11H,3-9H2,1-2H3,(H,13,14)/t10-,11+/m1/s1. The van der Waals surface area contributed by atoms with E-state index in [4.69, 9.17) is 4.74 Å². The summed E-state index contributed by atoms with van der Waals surface area (Å²) in [6.45, 7) is 5.62. The second-order valence-corrected chi connectivity index (χ2v) is 4.47. The molecule has 1 amide bonds. The SMILES string of the molecule is CCCCC[C@@H](C)NC(=O)[C@H]1CCOC1. The molecule has 1 rings (SSSR count). The molecule has 0 aromatic carbocycles. The van der Waals surface area contributed by atoms with Crippen LogP contribution in [0.15, 0.2) is 0 Å². The second-order valence-electron chi connectivity index (χ2n) is 4.47. The van der Waals surface area contributed by atoms with E-state index in [1.165, 1.54) is 19.3 Å². The quantitative estimate of drug-likeness (QED) is 0.686. The van der Waals surface area contributed by atoms with Gasteiger partial charge in [0.05, 0.1) is 12.5 Å². The zero-order chi connectivity index (χ0) is 11.1. The third kappa shape index (κ3) is 4.65. The predicted molar refractivity (Wildman–Crippen MR) is 60.7 cm³/mol. The fourth-order valence-electron chi connectivity index (χ4n) is 1.87. The van der Waals surface area contributed by atoms with Crippen LogP contribution in [-0.2, 0) is 9.53 Å². The summed E-state index contributed by atoms with van der Waals surface area (Å²) in [7, 11) is 0. The maximum absolute atomic E-state index is 11.7. The Labute approximate surface area is 92.6 Å². The van der Waals surface area contributed by atoms with Crippen molar-refractivity contribution in [3.8, 4) is 0 Å². The molecule has 0 bridgehead atoms. The highest BCUT2D eigenvalue weighted by Crippen LogP contribution is 2.13. The van der Waals surface area contributed by atoms with E-state index in [0.717, 1.165) is 19.4 Å². The Balaban J connectivity index is 2.13. The Hall–Kier alpha value is -0.570. The van der Waals surface area contributed by atoms with Gasteiger partial charge in [0.2, 0.25) is 5.91 Å². The smallest absolute Gasteiger partial charge is 0.225 e. The molecule has 88 valence electrons. The predicted octanol–water partition coefficient (Wildman–Crippen LogP) is 2.11. The van der Waals surface area contributed by atoms with Gasteiger partial charge in [-0.05, 0) is 19.8 Å². The van der Waals surface area contributed by atoms with E-state index in [1.807, 2.05) is 0 Å². The Morgan fingerprint density at radius 2 is 2.33 bits per heavy atom. The van der Waals surface area contributed by atoms with Crippen LogP contribution in [0.3, 0.4) is 0 Å². The minimum Gasteiger partial charge on any atom is -0.381 e. The molecule has 0 aliphatic carbocycles. The largest absolute Gasteiger partial charge is 0.381 e. The van der Waals surface area contributed by atoms with Crippen molar-refractivity contribution < 1.29 is 9.53 Å². The van der Waals surface area contributed by atoms with Gasteiger partial charge in [0, 0.05) is 12.6 Å².